The molecule has 0 spiro atoms. The maximum atomic E-state index is 13.2. The van der Waals surface area contributed by atoms with Crippen LogP contribution in [0.1, 0.15) is 24.8 Å². The lowest BCUT2D eigenvalue weighted by Crippen LogP contribution is -2.38. The number of thiazole rings is 1. The average molecular weight is 475 g/mol. The van der Waals surface area contributed by atoms with Gasteiger partial charge in [-0.1, -0.05) is 29.0 Å². The van der Waals surface area contributed by atoms with Crippen molar-refractivity contribution in [3.63, 3.8) is 0 Å². The molecule has 1 atom stereocenters. The standard InChI is InChI=1S/C23H26N2O5S2/c1-16-5-8-19(9-6-16)32(27,28)13-11-22(26)25(15-18-4-3-12-30-18)23-24-20-10-7-17(29-2)14-21(20)31-23/h5-10,14,18H,3-4,11-13,15H2,1-2H3. The molecule has 1 saturated heterocycles. The van der Waals surface area contributed by atoms with E-state index < -0.39 is 9.84 Å². The van der Waals surface area contributed by atoms with Crippen molar-refractivity contribution in [2.75, 3.05) is 30.9 Å². The molecule has 2 aromatic carbocycles. The van der Waals surface area contributed by atoms with Crippen LogP contribution in [0.4, 0.5) is 5.13 Å². The predicted molar refractivity (Wildman–Crippen MR) is 125 cm³/mol. The first-order chi connectivity index (χ1) is 15.4. The van der Waals surface area contributed by atoms with Gasteiger partial charge in [0.15, 0.2) is 15.0 Å². The summed E-state index contributed by atoms with van der Waals surface area (Å²) < 4.78 is 37.4. The van der Waals surface area contributed by atoms with Crippen LogP contribution in [0.2, 0.25) is 0 Å². The predicted octanol–water partition coefficient (Wildman–Crippen LogP) is 3.99. The van der Waals surface area contributed by atoms with Crippen LogP contribution in [-0.4, -0.2) is 51.4 Å². The lowest BCUT2D eigenvalue weighted by Gasteiger charge is -2.23. The zero-order chi connectivity index (χ0) is 22.7. The van der Waals surface area contributed by atoms with Gasteiger partial charge < -0.3 is 9.47 Å². The number of aryl methyl sites for hydroxylation is 1. The molecule has 170 valence electrons. The first-order valence-corrected chi connectivity index (χ1v) is 13.0. The molecular formula is C23H26N2O5S2. The number of ether oxygens (including phenoxy) is 2. The summed E-state index contributed by atoms with van der Waals surface area (Å²) in [7, 11) is -1.96. The Morgan fingerprint density at radius 2 is 2.03 bits per heavy atom. The van der Waals surface area contributed by atoms with Gasteiger partial charge in [0, 0.05) is 13.0 Å². The summed E-state index contributed by atoms with van der Waals surface area (Å²) in [6.07, 6.45) is 1.62. The number of nitrogens with zero attached hydrogens (tertiary/aromatic N) is 2. The fourth-order valence-electron chi connectivity index (χ4n) is 3.63. The normalized spacial score (nSPS) is 16.4. The minimum absolute atomic E-state index is 0.0748. The minimum Gasteiger partial charge on any atom is -0.497 e. The van der Waals surface area contributed by atoms with Crippen LogP contribution in [0.5, 0.6) is 5.75 Å². The molecule has 1 aliphatic heterocycles. The minimum atomic E-state index is -3.56. The number of carbonyl (C=O) groups excluding carboxylic acids is 1. The van der Waals surface area contributed by atoms with Crippen LogP contribution in [0, 0.1) is 6.92 Å². The average Bonchev–Trinajstić information content (AvgIpc) is 3.45. The Balaban J connectivity index is 1.55. The Hall–Kier alpha value is -2.49. The number of benzene rings is 2. The molecule has 1 aromatic heterocycles. The number of hydrogen-bond donors (Lipinski definition) is 0. The fraction of sp³-hybridized carbons (Fsp3) is 0.391. The highest BCUT2D eigenvalue weighted by Crippen LogP contribution is 2.32. The molecule has 0 N–H and O–H groups in total. The van der Waals surface area contributed by atoms with E-state index in [2.05, 4.69) is 4.98 Å². The lowest BCUT2D eigenvalue weighted by molar-refractivity contribution is -0.118. The van der Waals surface area contributed by atoms with Crippen molar-refractivity contribution < 1.29 is 22.7 Å². The third-order valence-electron chi connectivity index (χ3n) is 5.49. The molecule has 9 heteroatoms. The summed E-state index contributed by atoms with van der Waals surface area (Å²) >= 11 is 1.39. The number of carbonyl (C=O) groups is 1. The summed E-state index contributed by atoms with van der Waals surface area (Å²) in [6, 6.07) is 12.2. The third kappa shape index (κ3) is 5.11. The smallest absolute Gasteiger partial charge is 0.229 e. The molecule has 4 rings (SSSR count). The number of anilines is 1. The highest BCUT2D eigenvalue weighted by molar-refractivity contribution is 7.91. The van der Waals surface area contributed by atoms with Gasteiger partial charge in [-0.25, -0.2) is 13.4 Å². The summed E-state index contributed by atoms with van der Waals surface area (Å²) in [6.45, 7) is 2.93. The first kappa shape index (κ1) is 22.7. The van der Waals surface area contributed by atoms with E-state index in [0.717, 1.165) is 28.6 Å². The SMILES string of the molecule is COc1ccc2nc(N(CC3CCCO3)C(=O)CCS(=O)(=O)c3ccc(C)cc3)sc2c1. The molecule has 1 fully saturated rings. The van der Waals surface area contributed by atoms with E-state index in [4.69, 9.17) is 9.47 Å². The maximum Gasteiger partial charge on any atom is 0.229 e. The van der Waals surface area contributed by atoms with Crippen molar-refractivity contribution in [3.05, 3.63) is 48.0 Å². The van der Waals surface area contributed by atoms with Crippen LogP contribution >= 0.6 is 11.3 Å². The van der Waals surface area contributed by atoms with Crippen LogP contribution < -0.4 is 9.64 Å². The number of sulfone groups is 1. The van der Waals surface area contributed by atoms with Crippen LogP contribution in [-0.2, 0) is 19.4 Å². The molecule has 1 amide bonds. The van der Waals surface area contributed by atoms with Gasteiger partial charge in [0.2, 0.25) is 5.91 Å². The van der Waals surface area contributed by atoms with Gasteiger partial charge in [0.05, 0.1) is 40.6 Å². The highest BCUT2D eigenvalue weighted by Gasteiger charge is 2.27. The van der Waals surface area contributed by atoms with Gasteiger partial charge in [0.1, 0.15) is 5.75 Å². The summed E-state index contributed by atoms with van der Waals surface area (Å²) in [5.41, 5.74) is 1.75. The Labute approximate surface area is 191 Å². The van der Waals surface area contributed by atoms with Crippen LogP contribution in [0.15, 0.2) is 47.4 Å². The van der Waals surface area contributed by atoms with Gasteiger partial charge in [-0.2, -0.15) is 0 Å². The summed E-state index contributed by atoms with van der Waals surface area (Å²) in [5, 5.41) is 0.543. The van der Waals surface area contributed by atoms with Crippen LogP contribution in [0.25, 0.3) is 10.2 Å². The second kappa shape index (κ2) is 9.56. The van der Waals surface area contributed by atoms with Crippen molar-refractivity contribution in [1.82, 2.24) is 4.98 Å². The quantitative estimate of drug-likeness (QED) is 0.491. The number of aromatic nitrogens is 1. The van der Waals surface area contributed by atoms with Gasteiger partial charge in [-0.15, -0.1) is 0 Å². The Kier molecular flexibility index (Phi) is 6.78. The largest absolute Gasteiger partial charge is 0.497 e. The van der Waals surface area contributed by atoms with E-state index >= 15 is 0 Å². The second-order valence-electron chi connectivity index (χ2n) is 7.85. The Morgan fingerprint density at radius 3 is 2.72 bits per heavy atom. The molecule has 1 aliphatic rings. The molecule has 0 radical (unpaired) electrons. The van der Waals surface area contributed by atoms with Crippen molar-refractivity contribution in [2.24, 2.45) is 0 Å². The van der Waals surface area contributed by atoms with Gasteiger partial charge in [-0.05, 0) is 50.1 Å². The topological polar surface area (TPSA) is 85.8 Å². The second-order valence-corrected chi connectivity index (χ2v) is 11.0. The molecule has 32 heavy (non-hydrogen) atoms. The maximum absolute atomic E-state index is 13.2. The number of hydrogen-bond acceptors (Lipinski definition) is 7. The van der Waals surface area contributed by atoms with Crippen molar-refractivity contribution >= 4 is 42.4 Å². The molecule has 0 aliphatic carbocycles. The van der Waals surface area contributed by atoms with Gasteiger partial charge in [-0.3, -0.25) is 9.69 Å². The Bertz CT molecular complexity index is 1200. The molecule has 1 unspecified atom stereocenters. The van der Waals surface area contributed by atoms with E-state index in [1.165, 1.54) is 11.3 Å². The van der Waals surface area contributed by atoms with E-state index in [0.29, 0.717) is 24.0 Å². The van der Waals surface area contributed by atoms with E-state index in [-0.39, 0.29) is 29.1 Å². The zero-order valence-electron chi connectivity index (χ0n) is 18.1. The summed E-state index contributed by atoms with van der Waals surface area (Å²) in [4.78, 5) is 19.6. The molecule has 7 nitrogen and oxygen atoms in total. The molecular weight excluding hydrogens is 448 g/mol. The van der Waals surface area contributed by atoms with Crippen LogP contribution in [0.3, 0.4) is 0 Å². The summed E-state index contributed by atoms with van der Waals surface area (Å²) in [5.74, 6) is 0.187. The van der Waals surface area contributed by atoms with Crippen molar-refractivity contribution in [3.8, 4) is 5.75 Å². The molecule has 2 heterocycles. The zero-order valence-corrected chi connectivity index (χ0v) is 19.7. The van der Waals surface area contributed by atoms with E-state index in [1.807, 2.05) is 25.1 Å². The first-order valence-electron chi connectivity index (χ1n) is 10.5. The number of amides is 1. The number of rotatable bonds is 8. The third-order valence-corrected chi connectivity index (χ3v) is 8.26. The van der Waals surface area contributed by atoms with Crippen molar-refractivity contribution in [2.45, 2.75) is 37.2 Å². The molecule has 0 saturated carbocycles. The van der Waals surface area contributed by atoms with Gasteiger partial charge in [0.25, 0.3) is 0 Å². The van der Waals surface area contributed by atoms with E-state index in [9.17, 15) is 13.2 Å². The lowest BCUT2D eigenvalue weighted by atomic mass is 10.2. The van der Waals surface area contributed by atoms with E-state index in [1.54, 1.807) is 36.3 Å². The highest BCUT2D eigenvalue weighted by atomic mass is 32.2. The number of methoxy groups -OCH3 is 1. The molecule has 3 aromatic rings. The molecule has 0 bridgehead atoms. The number of fused-ring (bicyclic) bond motifs is 1. The monoisotopic (exact) mass is 474 g/mol. The van der Waals surface area contributed by atoms with Gasteiger partial charge >= 0.3 is 0 Å². The fourth-order valence-corrected chi connectivity index (χ4v) is 5.88. The van der Waals surface area contributed by atoms with Crippen molar-refractivity contribution in [1.29, 1.82) is 0 Å². The Morgan fingerprint density at radius 1 is 1.25 bits per heavy atom.